The SMILES string of the molecule is Cc1cccc(Nc2cc(Cl)nc(CC(=S)NCCO)n2)c1C.O=C(O)C(F)(F)C(F)(F)C(F)(F)C(F)(F)C(F)(F)C(F)(F)C(F)(F)C(F)(F)C(F)(F)F. The van der Waals surface area contributed by atoms with Crippen LogP contribution in [0, 0.1) is 13.8 Å². The molecule has 0 fully saturated rings. The number of aliphatic hydroxyl groups excluding tert-OH is 1. The van der Waals surface area contributed by atoms with E-state index in [4.69, 9.17) is 34.0 Å². The number of benzene rings is 1. The number of carboxylic acid groups (broad SMARTS) is 1. The van der Waals surface area contributed by atoms with Crippen LogP contribution >= 0.6 is 23.8 Å². The molecule has 308 valence electrons. The van der Waals surface area contributed by atoms with Crippen LogP contribution in [-0.4, -0.2) is 97.8 Å². The van der Waals surface area contributed by atoms with Gasteiger partial charge in [0.2, 0.25) is 0 Å². The van der Waals surface area contributed by atoms with E-state index in [1.54, 1.807) is 6.07 Å². The zero-order chi connectivity index (χ0) is 42.9. The zero-order valence-corrected chi connectivity index (χ0v) is 27.7. The number of rotatable bonds is 14. The van der Waals surface area contributed by atoms with E-state index in [2.05, 4.69) is 40.5 Å². The second-order valence-electron chi connectivity index (χ2n) is 10.5. The molecule has 0 unspecified atom stereocenters. The highest BCUT2D eigenvalue weighted by Crippen LogP contribution is 2.65. The van der Waals surface area contributed by atoms with Crippen molar-refractivity contribution in [1.82, 2.24) is 15.3 Å². The number of hydrogen-bond acceptors (Lipinski definition) is 6. The van der Waals surface area contributed by atoms with Crippen LogP contribution in [0.2, 0.25) is 5.15 Å². The topological polar surface area (TPSA) is 107 Å². The van der Waals surface area contributed by atoms with E-state index in [1.165, 1.54) is 5.56 Å². The number of nitrogens with zero attached hydrogens (tertiary/aromatic N) is 2. The summed E-state index contributed by atoms with van der Waals surface area (Å²) in [4.78, 5) is 19.0. The van der Waals surface area contributed by atoms with Crippen molar-refractivity contribution in [3.63, 3.8) is 0 Å². The van der Waals surface area contributed by atoms with Crippen molar-refractivity contribution in [3.05, 3.63) is 46.4 Å². The number of aryl methyl sites for hydroxylation is 1. The molecule has 0 atom stereocenters. The Hall–Kier alpha value is -3.62. The standard InChI is InChI=1S/C16H19ClN4OS.C10HF19O2/c1-10-4-3-5-12(11(10)2)19-14-8-13(17)20-15(21-14)9-16(23)18-6-7-22;11-2(12,1(30)31)3(13,14)4(15,16)5(17,18)6(19,20)7(21,22)8(23,24)9(25,26)10(27,28)29/h3-5,8,22H,6-7,9H2,1-2H3,(H,18,23)(H,19,20,21);(H,30,31). The molecule has 2 rings (SSSR count). The molecule has 0 amide bonds. The van der Waals surface area contributed by atoms with Gasteiger partial charge in [-0.05, 0) is 31.0 Å². The second-order valence-corrected chi connectivity index (χ2v) is 11.4. The van der Waals surface area contributed by atoms with Crippen LogP contribution in [0.5, 0.6) is 0 Å². The van der Waals surface area contributed by atoms with Crippen LogP contribution in [0.15, 0.2) is 24.3 Å². The Morgan fingerprint density at radius 2 is 1.19 bits per heavy atom. The van der Waals surface area contributed by atoms with Gasteiger partial charge in [0, 0.05) is 18.3 Å². The van der Waals surface area contributed by atoms with Gasteiger partial charge in [0.05, 0.1) is 18.0 Å². The molecule has 0 aliphatic heterocycles. The van der Waals surface area contributed by atoms with E-state index in [-0.39, 0.29) is 6.61 Å². The summed E-state index contributed by atoms with van der Waals surface area (Å²) in [6.45, 7) is 4.54. The average Bonchev–Trinajstić information content (AvgIpc) is 3.01. The lowest BCUT2D eigenvalue weighted by molar-refractivity contribution is -0.467. The van der Waals surface area contributed by atoms with Crippen molar-refractivity contribution in [1.29, 1.82) is 0 Å². The fraction of sp³-hybridized carbons (Fsp3) is 0.538. The summed E-state index contributed by atoms with van der Waals surface area (Å²) in [5.41, 5.74) is 3.33. The molecule has 0 saturated heterocycles. The van der Waals surface area contributed by atoms with Crippen molar-refractivity contribution in [2.45, 2.75) is 73.8 Å². The number of alkyl halides is 19. The van der Waals surface area contributed by atoms with Gasteiger partial charge in [-0.15, -0.1) is 0 Å². The summed E-state index contributed by atoms with van der Waals surface area (Å²) >= 11 is 11.3. The van der Waals surface area contributed by atoms with Crippen LogP contribution in [0.1, 0.15) is 17.0 Å². The molecule has 7 nitrogen and oxygen atoms in total. The molecular formula is C26H20ClF19N4O3S. The van der Waals surface area contributed by atoms with Gasteiger partial charge in [0.1, 0.15) is 16.8 Å². The molecule has 0 saturated carbocycles. The van der Waals surface area contributed by atoms with E-state index in [0.717, 1.165) is 11.3 Å². The lowest BCUT2D eigenvalue weighted by Crippen LogP contribution is -2.76. The first-order chi connectivity index (χ1) is 23.9. The normalized spacial score (nSPS) is 13.9. The quantitative estimate of drug-likeness (QED) is 0.0850. The van der Waals surface area contributed by atoms with Crippen molar-refractivity contribution in [2.24, 2.45) is 0 Å². The Morgan fingerprint density at radius 1 is 0.741 bits per heavy atom. The van der Waals surface area contributed by atoms with E-state index in [9.17, 15) is 88.2 Å². The minimum Gasteiger partial charge on any atom is -0.477 e. The van der Waals surface area contributed by atoms with Crippen LogP contribution in [0.25, 0.3) is 0 Å². The van der Waals surface area contributed by atoms with E-state index in [0.29, 0.717) is 34.7 Å². The minimum atomic E-state index is -9.06. The molecule has 0 aliphatic rings. The maximum absolute atomic E-state index is 13.1. The van der Waals surface area contributed by atoms with Crippen LogP contribution in [0.4, 0.5) is 94.9 Å². The maximum atomic E-state index is 13.1. The number of anilines is 2. The van der Waals surface area contributed by atoms with Crippen LogP contribution < -0.4 is 10.6 Å². The number of aliphatic carboxylic acids is 1. The first kappa shape index (κ1) is 48.4. The smallest absolute Gasteiger partial charge is 0.460 e. The molecule has 0 bridgehead atoms. The number of aromatic nitrogens is 2. The summed E-state index contributed by atoms with van der Waals surface area (Å²) in [6, 6.07) is 7.72. The van der Waals surface area contributed by atoms with Crippen LogP contribution in [0.3, 0.4) is 0 Å². The summed E-state index contributed by atoms with van der Waals surface area (Å²) < 4.78 is 242. The Balaban J connectivity index is 0.000000561. The van der Waals surface area contributed by atoms with Crippen molar-refractivity contribution >= 4 is 46.3 Å². The molecular weight excluding hydrogens is 845 g/mol. The Kier molecular flexibility index (Phi) is 14.2. The van der Waals surface area contributed by atoms with Gasteiger partial charge in [-0.25, -0.2) is 14.8 Å². The molecule has 28 heteroatoms. The largest absolute Gasteiger partial charge is 0.477 e. The number of nitrogens with one attached hydrogen (secondary N) is 2. The predicted octanol–water partition coefficient (Wildman–Crippen LogP) is 8.66. The summed E-state index contributed by atoms with van der Waals surface area (Å²) in [5, 5.41) is 23.0. The fourth-order valence-corrected chi connectivity index (χ4v) is 3.96. The van der Waals surface area contributed by atoms with Gasteiger partial charge in [0.15, 0.2) is 0 Å². The molecule has 0 spiro atoms. The van der Waals surface area contributed by atoms with Crippen molar-refractivity contribution in [2.75, 3.05) is 18.5 Å². The van der Waals surface area contributed by atoms with Crippen molar-refractivity contribution < 1.29 is 98.4 Å². The van der Waals surface area contributed by atoms with E-state index in [1.807, 2.05) is 12.1 Å². The second kappa shape index (κ2) is 15.9. The predicted molar refractivity (Wildman–Crippen MR) is 151 cm³/mol. The highest BCUT2D eigenvalue weighted by Gasteiger charge is 2.97. The average molecular weight is 865 g/mol. The van der Waals surface area contributed by atoms with Gasteiger partial charge in [-0.3, -0.25) is 0 Å². The Morgan fingerprint density at radius 3 is 1.61 bits per heavy atom. The van der Waals surface area contributed by atoms with Gasteiger partial charge in [-0.1, -0.05) is 36.0 Å². The minimum absolute atomic E-state index is 0.0238. The fourth-order valence-electron chi connectivity index (χ4n) is 3.53. The third-order valence-electron chi connectivity index (χ3n) is 6.75. The number of hydrogen-bond donors (Lipinski definition) is 4. The molecule has 1 heterocycles. The number of carbonyl (C=O) groups is 1. The highest BCUT2D eigenvalue weighted by molar-refractivity contribution is 7.80. The summed E-state index contributed by atoms with van der Waals surface area (Å²) in [5.74, 6) is -72.1. The Labute approximate surface area is 298 Å². The Bertz CT molecular complexity index is 1680. The molecule has 54 heavy (non-hydrogen) atoms. The zero-order valence-electron chi connectivity index (χ0n) is 26.1. The summed E-state index contributed by atoms with van der Waals surface area (Å²) in [7, 11) is 0. The third kappa shape index (κ3) is 8.60. The molecule has 1 aromatic carbocycles. The van der Waals surface area contributed by atoms with E-state index >= 15 is 0 Å². The number of thiocarbonyl (C=S) groups is 1. The van der Waals surface area contributed by atoms with Crippen LogP contribution in [-0.2, 0) is 11.2 Å². The summed E-state index contributed by atoms with van der Waals surface area (Å²) in [6.07, 6.45) is -7.58. The van der Waals surface area contributed by atoms with E-state index < -0.39 is 59.5 Å². The van der Waals surface area contributed by atoms with Gasteiger partial charge >= 0.3 is 59.5 Å². The number of aliphatic hydroxyl groups is 1. The molecule has 4 N–H and O–H groups in total. The van der Waals surface area contributed by atoms with Gasteiger partial charge in [0.25, 0.3) is 0 Å². The van der Waals surface area contributed by atoms with Gasteiger partial charge < -0.3 is 20.8 Å². The highest BCUT2D eigenvalue weighted by atomic mass is 35.5. The monoisotopic (exact) mass is 864 g/mol. The molecule has 2 aromatic rings. The molecule has 0 radical (unpaired) electrons. The lowest BCUT2D eigenvalue weighted by Gasteiger charge is -2.43. The molecule has 1 aromatic heterocycles. The first-order valence-corrected chi connectivity index (χ1v) is 14.3. The van der Waals surface area contributed by atoms with Gasteiger partial charge in [-0.2, -0.15) is 83.4 Å². The first-order valence-electron chi connectivity index (χ1n) is 13.5. The van der Waals surface area contributed by atoms with Crippen molar-refractivity contribution in [3.8, 4) is 0 Å². The lowest BCUT2D eigenvalue weighted by atomic mass is 9.87. The number of carboxylic acids is 1. The molecule has 0 aliphatic carbocycles. The maximum Gasteiger partial charge on any atom is 0.460 e. The number of halogens is 20. The third-order valence-corrected chi connectivity index (χ3v) is 7.23.